The maximum atomic E-state index is 13.6. The number of hydrogen-bond acceptors (Lipinski definition) is 4. The van der Waals surface area contributed by atoms with E-state index >= 15 is 0 Å². The molecule has 0 aliphatic carbocycles. The highest BCUT2D eigenvalue weighted by Gasteiger charge is 2.48. The molecule has 0 aromatic heterocycles. The number of nitrogens with zero attached hydrogens (tertiary/aromatic N) is 2. The Bertz CT molecular complexity index is 1130. The van der Waals surface area contributed by atoms with Crippen LogP contribution in [0.1, 0.15) is 49.9 Å². The molecular weight excluding hydrogens is 493 g/mol. The molecule has 206 valence electrons. The fourth-order valence-electron chi connectivity index (χ4n) is 5.42. The number of halogens is 3. The maximum absolute atomic E-state index is 13.6. The highest BCUT2D eigenvalue weighted by molar-refractivity contribution is 6.03. The monoisotopic (exact) mass is 530 g/mol. The molecule has 2 amide bonds. The lowest BCUT2D eigenvalue weighted by Gasteiger charge is -2.38. The number of primary amides is 1. The highest BCUT2D eigenvalue weighted by Crippen LogP contribution is 2.39. The van der Waals surface area contributed by atoms with E-state index in [9.17, 15) is 22.8 Å². The second kappa shape index (κ2) is 11.4. The number of hydrogen-bond donors (Lipinski definition) is 2. The summed E-state index contributed by atoms with van der Waals surface area (Å²) in [5.74, 6) is -0.378. The Morgan fingerprint density at radius 2 is 1.68 bits per heavy atom. The second-order valence-electron chi connectivity index (χ2n) is 11.2. The van der Waals surface area contributed by atoms with Crippen LogP contribution in [0, 0.1) is 11.3 Å². The SMILES string of the molecule is CC(C)(CN1CCC(CNc2ccc(-c3ccccc3)c(C(=O)N3CCC[C@H]3C(N)=O)c2)CC1)C(F)(F)F. The van der Waals surface area contributed by atoms with Crippen LogP contribution in [0.15, 0.2) is 48.5 Å². The maximum Gasteiger partial charge on any atom is 0.395 e. The smallest absolute Gasteiger partial charge is 0.385 e. The Morgan fingerprint density at radius 3 is 2.32 bits per heavy atom. The number of nitrogens with two attached hydrogens (primary N) is 1. The number of piperidine rings is 1. The van der Waals surface area contributed by atoms with Gasteiger partial charge in [0.05, 0.1) is 5.41 Å². The largest absolute Gasteiger partial charge is 0.395 e. The topological polar surface area (TPSA) is 78.7 Å². The first-order valence-electron chi connectivity index (χ1n) is 13.3. The van der Waals surface area contributed by atoms with Gasteiger partial charge >= 0.3 is 6.18 Å². The Hall–Kier alpha value is -3.07. The van der Waals surface area contributed by atoms with Crippen LogP contribution < -0.4 is 11.1 Å². The zero-order valence-electron chi connectivity index (χ0n) is 22.1. The molecule has 2 aromatic carbocycles. The van der Waals surface area contributed by atoms with Crippen molar-refractivity contribution in [2.75, 3.05) is 38.0 Å². The summed E-state index contributed by atoms with van der Waals surface area (Å²) in [5, 5.41) is 3.44. The van der Waals surface area contributed by atoms with E-state index in [1.54, 1.807) is 4.90 Å². The molecule has 0 radical (unpaired) electrons. The van der Waals surface area contributed by atoms with Crippen molar-refractivity contribution in [1.82, 2.24) is 9.80 Å². The lowest BCUT2D eigenvalue weighted by atomic mass is 9.89. The summed E-state index contributed by atoms with van der Waals surface area (Å²) in [7, 11) is 0. The summed E-state index contributed by atoms with van der Waals surface area (Å²) in [4.78, 5) is 29.1. The van der Waals surface area contributed by atoms with E-state index in [2.05, 4.69) is 5.32 Å². The molecular formula is C29H37F3N4O2. The van der Waals surface area contributed by atoms with Gasteiger partial charge in [-0.1, -0.05) is 36.4 Å². The Kier molecular flexibility index (Phi) is 8.35. The molecule has 0 saturated carbocycles. The van der Waals surface area contributed by atoms with Crippen LogP contribution in [-0.2, 0) is 4.79 Å². The summed E-state index contributed by atoms with van der Waals surface area (Å²) in [5.41, 5.74) is 6.85. The molecule has 4 rings (SSSR count). The minimum absolute atomic E-state index is 0.00582. The molecule has 0 unspecified atom stereocenters. The van der Waals surface area contributed by atoms with Gasteiger partial charge in [-0.25, -0.2) is 0 Å². The molecule has 1 atom stereocenters. The molecule has 2 fully saturated rings. The average molecular weight is 531 g/mol. The first-order valence-corrected chi connectivity index (χ1v) is 13.3. The van der Waals surface area contributed by atoms with Crippen molar-refractivity contribution >= 4 is 17.5 Å². The Balaban J connectivity index is 1.44. The number of alkyl halides is 3. The van der Waals surface area contributed by atoms with Crippen LogP contribution in [0.3, 0.4) is 0 Å². The van der Waals surface area contributed by atoms with Gasteiger partial charge in [0.2, 0.25) is 5.91 Å². The van der Waals surface area contributed by atoms with Gasteiger partial charge in [0.25, 0.3) is 5.91 Å². The number of likely N-dealkylation sites (tertiary alicyclic amines) is 2. The van der Waals surface area contributed by atoms with Crippen molar-refractivity contribution in [2.45, 2.75) is 51.7 Å². The predicted molar refractivity (Wildman–Crippen MR) is 143 cm³/mol. The van der Waals surface area contributed by atoms with Crippen molar-refractivity contribution in [3.63, 3.8) is 0 Å². The van der Waals surface area contributed by atoms with Crippen LogP contribution in [0.2, 0.25) is 0 Å². The summed E-state index contributed by atoms with van der Waals surface area (Å²) in [6, 6.07) is 14.7. The second-order valence-corrected chi connectivity index (χ2v) is 11.2. The first-order chi connectivity index (χ1) is 18.0. The number of amides is 2. The van der Waals surface area contributed by atoms with Crippen LogP contribution >= 0.6 is 0 Å². The fraction of sp³-hybridized carbons (Fsp3) is 0.517. The zero-order chi connectivity index (χ0) is 27.5. The van der Waals surface area contributed by atoms with E-state index < -0.39 is 23.5 Å². The van der Waals surface area contributed by atoms with E-state index in [1.807, 2.05) is 53.4 Å². The molecule has 2 aliphatic heterocycles. The van der Waals surface area contributed by atoms with Crippen LogP contribution in [0.25, 0.3) is 11.1 Å². The Labute approximate surface area is 222 Å². The van der Waals surface area contributed by atoms with Gasteiger partial charge in [0.15, 0.2) is 0 Å². The third kappa shape index (κ3) is 6.31. The average Bonchev–Trinajstić information content (AvgIpc) is 3.38. The number of carbonyl (C=O) groups is 2. The molecule has 2 aromatic rings. The normalized spacial score (nSPS) is 19.5. The highest BCUT2D eigenvalue weighted by atomic mass is 19.4. The lowest BCUT2D eigenvalue weighted by Crippen LogP contribution is -2.46. The van der Waals surface area contributed by atoms with Crippen LogP contribution in [-0.4, -0.2) is 66.6 Å². The van der Waals surface area contributed by atoms with Gasteiger partial charge in [-0.15, -0.1) is 0 Å². The fourth-order valence-corrected chi connectivity index (χ4v) is 5.42. The van der Waals surface area contributed by atoms with Crippen molar-refractivity contribution in [3.05, 3.63) is 54.1 Å². The predicted octanol–water partition coefficient (Wildman–Crippen LogP) is 5.16. The van der Waals surface area contributed by atoms with Gasteiger partial charge in [-0.05, 0) is 81.8 Å². The van der Waals surface area contributed by atoms with E-state index in [0.29, 0.717) is 44.1 Å². The molecule has 6 nitrogen and oxygen atoms in total. The van der Waals surface area contributed by atoms with Crippen LogP contribution in [0.5, 0.6) is 0 Å². The van der Waals surface area contributed by atoms with Crippen molar-refractivity contribution in [1.29, 1.82) is 0 Å². The van der Waals surface area contributed by atoms with E-state index in [-0.39, 0.29) is 12.5 Å². The van der Waals surface area contributed by atoms with Crippen molar-refractivity contribution < 1.29 is 22.8 Å². The zero-order valence-corrected chi connectivity index (χ0v) is 22.1. The summed E-state index contributed by atoms with van der Waals surface area (Å²) in [6.07, 6.45) is -1.31. The summed E-state index contributed by atoms with van der Waals surface area (Å²) >= 11 is 0. The molecule has 2 heterocycles. The third-order valence-corrected chi connectivity index (χ3v) is 7.87. The van der Waals surface area contributed by atoms with Gasteiger partial charge < -0.3 is 20.9 Å². The number of anilines is 1. The molecule has 0 bridgehead atoms. The van der Waals surface area contributed by atoms with Crippen LogP contribution in [0.4, 0.5) is 18.9 Å². The summed E-state index contributed by atoms with van der Waals surface area (Å²) < 4.78 is 39.8. The number of benzene rings is 2. The van der Waals surface area contributed by atoms with E-state index in [1.165, 1.54) is 13.8 Å². The Morgan fingerprint density at radius 1 is 1.00 bits per heavy atom. The number of nitrogens with one attached hydrogen (secondary N) is 1. The van der Waals surface area contributed by atoms with E-state index in [0.717, 1.165) is 36.1 Å². The molecule has 3 N–H and O–H groups in total. The van der Waals surface area contributed by atoms with Gasteiger partial charge in [-0.2, -0.15) is 13.2 Å². The molecule has 2 aliphatic rings. The van der Waals surface area contributed by atoms with Crippen molar-refractivity contribution in [2.24, 2.45) is 17.1 Å². The third-order valence-electron chi connectivity index (χ3n) is 7.87. The lowest BCUT2D eigenvalue weighted by molar-refractivity contribution is -0.217. The minimum Gasteiger partial charge on any atom is -0.385 e. The van der Waals surface area contributed by atoms with E-state index in [4.69, 9.17) is 5.73 Å². The van der Waals surface area contributed by atoms with Gasteiger partial charge in [0.1, 0.15) is 6.04 Å². The molecule has 0 spiro atoms. The molecule has 9 heteroatoms. The minimum atomic E-state index is -4.22. The molecule has 2 saturated heterocycles. The number of rotatable bonds is 8. The quantitative estimate of drug-likeness (QED) is 0.495. The molecule has 38 heavy (non-hydrogen) atoms. The van der Waals surface area contributed by atoms with Crippen molar-refractivity contribution in [3.8, 4) is 11.1 Å². The van der Waals surface area contributed by atoms with Gasteiger partial charge in [-0.3, -0.25) is 9.59 Å². The number of carbonyl (C=O) groups excluding carboxylic acids is 2. The first kappa shape index (κ1) is 28.0. The summed E-state index contributed by atoms with van der Waals surface area (Å²) in [6.45, 7) is 4.94. The standard InChI is InChI=1S/C29H37F3N4O2/c1-28(2,29(30,31)32)19-35-15-12-20(13-16-35)18-34-22-10-11-23(21-7-4-3-5-8-21)24(17-22)27(38)36-14-6-9-25(36)26(33)37/h3-5,7-8,10-11,17,20,25,34H,6,9,12-16,18-19H2,1-2H3,(H2,33,37)/t25-/m0/s1. The van der Waals surface area contributed by atoms with Gasteiger partial charge in [0, 0.05) is 30.9 Å².